The van der Waals surface area contributed by atoms with Crippen molar-refractivity contribution in [1.82, 2.24) is 4.98 Å². The normalized spacial score (nSPS) is 11.8. The summed E-state index contributed by atoms with van der Waals surface area (Å²) in [5, 5.41) is 5.17. The molecule has 0 unspecified atom stereocenters. The van der Waals surface area contributed by atoms with Crippen LogP contribution in [0.1, 0.15) is 20.8 Å². The van der Waals surface area contributed by atoms with Crippen molar-refractivity contribution in [3.05, 3.63) is 35.5 Å². The Morgan fingerprint density at radius 3 is 2.71 bits per heavy atom. The summed E-state index contributed by atoms with van der Waals surface area (Å²) < 4.78 is 0. The molecule has 0 atom stereocenters. The highest BCUT2D eigenvalue weighted by Gasteiger charge is 2.11. The van der Waals surface area contributed by atoms with E-state index in [1.807, 2.05) is 24.3 Å². The second-order valence-corrected chi connectivity index (χ2v) is 5.82. The topological polar surface area (TPSA) is 24.9 Å². The lowest BCUT2D eigenvalue weighted by Gasteiger charge is -2.20. The van der Waals surface area contributed by atoms with Crippen molar-refractivity contribution < 1.29 is 0 Å². The summed E-state index contributed by atoms with van der Waals surface area (Å²) in [4.78, 5) is 4.40. The smallest absolute Gasteiger partial charge is 0.0948 e. The molecule has 0 aliphatic heterocycles. The van der Waals surface area contributed by atoms with E-state index in [1.54, 1.807) is 6.20 Å². The van der Waals surface area contributed by atoms with E-state index >= 15 is 0 Å². The molecule has 2 rings (SSSR count). The molecule has 1 aromatic heterocycles. The highest BCUT2D eigenvalue weighted by Crippen LogP contribution is 2.28. The van der Waals surface area contributed by atoms with E-state index in [-0.39, 0.29) is 5.41 Å². The quantitative estimate of drug-likeness (QED) is 0.855. The van der Waals surface area contributed by atoms with Crippen molar-refractivity contribution in [2.24, 2.45) is 5.41 Å². The van der Waals surface area contributed by atoms with Crippen LogP contribution in [0.3, 0.4) is 0 Å². The van der Waals surface area contributed by atoms with Crippen LogP contribution in [0.15, 0.2) is 30.5 Å². The highest BCUT2D eigenvalue weighted by molar-refractivity contribution is 6.35. The Hall–Kier alpha value is -1.28. The number of hydrogen-bond donors (Lipinski definition) is 1. The Morgan fingerprint density at radius 1 is 1.24 bits per heavy atom. The van der Waals surface area contributed by atoms with E-state index in [1.165, 1.54) is 0 Å². The zero-order valence-corrected chi connectivity index (χ0v) is 11.2. The minimum absolute atomic E-state index is 0.237. The van der Waals surface area contributed by atoms with Crippen LogP contribution in [0.4, 0.5) is 5.69 Å². The Bertz CT molecular complexity index is 529. The molecule has 1 aromatic carbocycles. The van der Waals surface area contributed by atoms with Gasteiger partial charge in [-0.25, -0.2) is 0 Å². The number of nitrogens with zero attached hydrogens (tertiary/aromatic N) is 1. The first kappa shape index (κ1) is 12.2. The molecule has 0 amide bonds. The van der Waals surface area contributed by atoms with Crippen molar-refractivity contribution in [3.63, 3.8) is 0 Å². The maximum Gasteiger partial charge on any atom is 0.0948 e. The Balaban J connectivity index is 2.38. The number of rotatable bonds is 2. The number of halogens is 1. The molecule has 2 nitrogen and oxygen atoms in total. The lowest BCUT2D eigenvalue weighted by atomic mass is 9.97. The molecular weight excluding hydrogens is 232 g/mol. The molecule has 1 N–H and O–H groups in total. The molecule has 0 bridgehead atoms. The first-order chi connectivity index (χ1) is 7.97. The second-order valence-electron chi connectivity index (χ2n) is 5.41. The zero-order valence-electron chi connectivity index (χ0n) is 10.4. The van der Waals surface area contributed by atoms with Gasteiger partial charge >= 0.3 is 0 Å². The average molecular weight is 249 g/mol. The van der Waals surface area contributed by atoms with Gasteiger partial charge in [-0.15, -0.1) is 0 Å². The van der Waals surface area contributed by atoms with Crippen LogP contribution in [0.25, 0.3) is 10.9 Å². The van der Waals surface area contributed by atoms with Crippen LogP contribution in [0.5, 0.6) is 0 Å². The van der Waals surface area contributed by atoms with Gasteiger partial charge in [-0.3, -0.25) is 4.98 Å². The minimum atomic E-state index is 0.237. The fraction of sp³-hybridized carbons (Fsp3) is 0.357. The minimum Gasteiger partial charge on any atom is -0.383 e. The van der Waals surface area contributed by atoms with E-state index in [0.29, 0.717) is 0 Å². The molecule has 3 heteroatoms. The monoisotopic (exact) mass is 248 g/mol. The molecule has 0 saturated heterocycles. The highest BCUT2D eigenvalue weighted by atomic mass is 35.5. The molecular formula is C14H17ClN2. The summed E-state index contributed by atoms with van der Waals surface area (Å²) >= 11 is 6.15. The van der Waals surface area contributed by atoms with Gasteiger partial charge in [0.25, 0.3) is 0 Å². The van der Waals surface area contributed by atoms with Gasteiger partial charge in [0.1, 0.15) is 0 Å². The third-order valence-electron chi connectivity index (χ3n) is 2.53. The van der Waals surface area contributed by atoms with E-state index in [4.69, 9.17) is 11.6 Å². The lowest BCUT2D eigenvalue weighted by Crippen LogP contribution is -2.19. The van der Waals surface area contributed by atoms with E-state index in [2.05, 4.69) is 31.1 Å². The van der Waals surface area contributed by atoms with Gasteiger partial charge in [-0.05, 0) is 29.7 Å². The average Bonchev–Trinajstić information content (AvgIpc) is 2.27. The van der Waals surface area contributed by atoms with Crippen molar-refractivity contribution in [1.29, 1.82) is 0 Å². The molecule has 0 aliphatic rings. The van der Waals surface area contributed by atoms with Crippen LogP contribution in [0, 0.1) is 5.41 Å². The predicted octanol–water partition coefficient (Wildman–Crippen LogP) is 4.35. The van der Waals surface area contributed by atoms with E-state index < -0.39 is 0 Å². The molecule has 1 heterocycles. The van der Waals surface area contributed by atoms with E-state index in [9.17, 15) is 0 Å². The van der Waals surface area contributed by atoms with Gasteiger partial charge in [0, 0.05) is 18.1 Å². The van der Waals surface area contributed by atoms with Gasteiger partial charge in [0.05, 0.1) is 16.2 Å². The van der Waals surface area contributed by atoms with Crippen molar-refractivity contribution in [3.8, 4) is 0 Å². The van der Waals surface area contributed by atoms with Crippen molar-refractivity contribution in [2.45, 2.75) is 20.8 Å². The molecule has 2 aromatic rings. The summed E-state index contributed by atoms with van der Waals surface area (Å²) in [6.45, 7) is 7.50. The SMILES string of the molecule is CC(C)(C)CNc1ccc(Cl)c2cccnc12. The second kappa shape index (κ2) is 4.53. The summed E-state index contributed by atoms with van der Waals surface area (Å²) in [6.07, 6.45) is 1.79. The molecule has 17 heavy (non-hydrogen) atoms. The number of nitrogens with one attached hydrogen (secondary N) is 1. The largest absolute Gasteiger partial charge is 0.383 e. The van der Waals surface area contributed by atoms with Crippen molar-refractivity contribution >= 4 is 28.2 Å². The third kappa shape index (κ3) is 2.89. The van der Waals surface area contributed by atoms with Gasteiger partial charge in [-0.2, -0.15) is 0 Å². The number of fused-ring (bicyclic) bond motifs is 1. The fourth-order valence-electron chi connectivity index (χ4n) is 1.64. The van der Waals surface area contributed by atoms with Crippen LogP contribution in [0.2, 0.25) is 5.02 Å². The van der Waals surface area contributed by atoms with E-state index in [0.717, 1.165) is 28.2 Å². The molecule has 0 spiro atoms. The summed E-state index contributed by atoms with van der Waals surface area (Å²) in [5.74, 6) is 0. The van der Waals surface area contributed by atoms with Gasteiger partial charge in [0.2, 0.25) is 0 Å². The number of aromatic nitrogens is 1. The number of anilines is 1. The number of benzene rings is 1. The van der Waals surface area contributed by atoms with Crippen LogP contribution >= 0.6 is 11.6 Å². The Morgan fingerprint density at radius 2 is 2.00 bits per heavy atom. The van der Waals surface area contributed by atoms with Gasteiger partial charge in [0.15, 0.2) is 0 Å². The van der Waals surface area contributed by atoms with Crippen LogP contribution in [-0.2, 0) is 0 Å². The summed E-state index contributed by atoms with van der Waals surface area (Å²) in [7, 11) is 0. The first-order valence-corrected chi connectivity index (χ1v) is 6.12. The number of pyridine rings is 1. The Kier molecular flexibility index (Phi) is 3.25. The van der Waals surface area contributed by atoms with Gasteiger partial charge in [-0.1, -0.05) is 32.4 Å². The third-order valence-corrected chi connectivity index (χ3v) is 2.86. The first-order valence-electron chi connectivity index (χ1n) is 5.74. The summed E-state index contributed by atoms with van der Waals surface area (Å²) in [6, 6.07) is 7.80. The lowest BCUT2D eigenvalue weighted by molar-refractivity contribution is 0.443. The summed E-state index contributed by atoms with van der Waals surface area (Å²) in [5.41, 5.74) is 2.21. The number of hydrogen-bond acceptors (Lipinski definition) is 2. The van der Waals surface area contributed by atoms with Gasteiger partial charge < -0.3 is 5.32 Å². The maximum absolute atomic E-state index is 6.15. The van der Waals surface area contributed by atoms with Crippen LogP contribution in [-0.4, -0.2) is 11.5 Å². The van der Waals surface area contributed by atoms with Crippen molar-refractivity contribution in [2.75, 3.05) is 11.9 Å². The molecule has 0 fully saturated rings. The molecule has 0 radical (unpaired) electrons. The Labute approximate surface area is 107 Å². The standard InChI is InChI=1S/C14H17ClN2/c1-14(2,3)9-17-12-7-6-11(15)10-5-4-8-16-13(10)12/h4-8,17H,9H2,1-3H3. The predicted molar refractivity (Wildman–Crippen MR) is 74.7 cm³/mol. The van der Waals surface area contributed by atoms with Crippen LogP contribution < -0.4 is 5.32 Å². The molecule has 90 valence electrons. The maximum atomic E-state index is 6.15. The molecule has 0 saturated carbocycles. The fourth-order valence-corrected chi connectivity index (χ4v) is 1.86. The molecule has 0 aliphatic carbocycles. The zero-order chi connectivity index (χ0) is 12.5.